The first-order valence-electron chi connectivity index (χ1n) is 13.6. The third kappa shape index (κ3) is 3.57. The lowest BCUT2D eigenvalue weighted by Gasteiger charge is -2.61. The van der Waals surface area contributed by atoms with Gasteiger partial charge in [0.2, 0.25) is 0 Å². The van der Waals surface area contributed by atoms with E-state index >= 15 is 0 Å². The maximum Gasteiger partial charge on any atom is 0.330 e. The van der Waals surface area contributed by atoms with Crippen molar-refractivity contribution in [2.24, 2.45) is 39.4 Å². The van der Waals surface area contributed by atoms with Gasteiger partial charge in [0, 0.05) is 24.0 Å². The standard InChI is InChI=1S/C30H46O4/c1-19(26(33)34)8-7-9-20(18-31)21-12-16-30(6)23-10-11-24-27(2,3)25(32)14-15-28(24,4)22(23)13-17-29(21,30)5/h8,20-21,24,31H,7,9-18H2,1-6H3,(H,33,34)/b19-8+. The molecule has 2 N–H and O–H groups in total. The van der Waals surface area contributed by atoms with Crippen molar-refractivity contribution < 1.29 is 19.8 Å². The number of carbonyl (C=O) groups excluding carboxylic acids is 1. The molecule has 6 atom stereocenters. The van der Waals surface area contributed by atoms with Gasteiger partial charge in [-0.05, 0) is 98.7 Å². The number of ketones is 1. The van der Waals surface area contributed by atoms with Crippen molar-refractivity contribution in [2.45, 2.75) is 106 Å². The molecule has 2 fully saturated rings. The smallest absolute Gasteiger partial charge is 0.330 e. The van der Waals surface area contributed by atoms with Crippen LogP contribution in [0.4, 0.5) is 0 Å². The summed E-state index contributed by atoms with van der Waals surface area (Å²) in [5, 5.41) is 19.5. The second-order valence-electron chi connectivity index (χ2n) is 13.2. The minimum Gasteiger partial charge on any atom is -0.478 e. The van der Waals surface area contributed by atoms with Gasteiger partial charge in [-0.1, -0.05) is 51.8 Å². The summed E-state index contributed by atoms with van der Waals surface area (Å²) in [7, 11) is 0. The largest absolute Gasteiger partial charge is 0.478 e. The molecule has 4 rings (SSSR count). The SMILES string of the molecule is C/C(=C\CCC(CO)C1CCC2(C)C3=C(CCC12C)C1(C)CCC(=O)C(C)(C)C1CC3)C(=O)O. The summed E-state index contributed by atoms with van der Waals surface area (Å²) in [4.78, 5) is 24.0. The summed E-state index contributed by atoms with van der Waals surface area (Å²) in [6.45, 7) is 13.7. The molecule has 0 radical (unpaired) electrons. The van der Waals surface area contributed by atoms with E-state index in [4.69, 9.17) is 5.11 Å². The fourth-order valence-corrected chi connectivity index (χ4v) is 9.31. The predicted molar refractivity (Wildman–Crippen MR) is 135 cm³/mol. The van der Waals surface area contributed by atoms with Gasteiger partial charge in [-0.15, -0.1) is 0 Å². The third-order valence-corrected chi connectivity index (χ3v) is 11.7. The molecule has 0 saturated heterocycles. The van der Waals surface area contributed by atoms with Crippen LogP contribution in [-0.2, 0) is 9.59 Å². The Kier molecular flexibility index (Phi) is 6.50. The number of carboxylic acids is 1. The highest BCUT2D eigenvalue weighted by Crippen LogP contribution is 2.72. The number of carboxylic acid groups (broad SMARTS) is 1. The van der Waals surface area contributed by atoms with Crippen molar-refractivity contribution in [1.29, 1.82) is 0 Å². The Morgan fingerprint density at radius 1 is 1.03 bits per heavy atom. The molecular formula is C30H46O4. The Morgan fingerprint density at radius 3 is 2.38 bits per heavy atom. The van der Waals surface area contributed by atoms with E-state index in [0.29, 0.717) is 36.0 Å². The zero-order valence-electron chi connectivity index (χ0n) is 22.3. The van der Waals surface area contributed by atoms with E-state index in [1.165, 1.54) is 6.42 Å². The molecule has 0 aromatic rings. The molecular weight excluding hydrogens is 424 g/mol. The summed E-state index contributed by atoms with van der Waals surface area (Å²) in [5.41, 5.74) is 4.01. The second kappa shape index (κ2) is 8.61. The molecule has 34 heavy (non-hydrogen) atoms. The van der Waals surface area contributed by atoms with Crippen LogP contribution < -0.4 is 0 Å². The number of rotatable bonds is 6. The van der Waals surface area contributed by atoms with E-state index in [1.54, 1.807) is 18.1 Å². The average molecular weight is 471 g/mol. The molecule has 0 heterocycles. The lowest BCUT2D eigenvalue weighted by molar-refractivity contribution is -0.139. The monoisotopic (exact) mass is 470 g/mol. The van der Waals surface area contributed by atoms with Gasteiger partial charge in [0.25, 0.3) is 0 Å². The number of aliphatic carboxylic acids is 1. The van der Waals surface area contributed by atoms with Crippen LogP contribution in [0, 0.1) is 39.4 Å². The van der Waals surface area contributed by atoms with Crippen LogP contribution in [0.25, 0.3) is 0 Å². The van der Waals surface area contributed by atoms with Gasteiger partial charge in [0.1, 0.15) is 5.78 Å². The van der Waals surface area contributed by atoms with Crippen LogP contribution in [-0.4, -0.2) is 28.6 Å². The molecule has 6 unspecified atom stereocenters. The number of carbonyl (C=O) groups is 2. The molecule has 0 spiro atoms. The summed E-state index contributed by atoms with van der Waals surface area (Å²) in [6, 6.07) is 0. The van der Waals surface area contributed by atoms with Gasteiger partial charge in [-0.3, -0.25) is 4.79 Å². The molecule has 4 nitrogen and oxygen atoms in total. The Labute approximate surface area is 206 Å². The molecule has 0 aromatic carbocycles. The van der Waals surface area contributed by atoms with Crippen LogP contribution in [0.15, 0.2) is 22.8 Å². The minimum atomic E-state index is -0.857. The van der Waals surface area contributed by atoms with Crippen LogP contribution in [0.1, 0.15) is 106 Å². The van der Waals surface area contributed by atoms with Crippen molar-refractivity contribution in [1.82, 2.24) is 0 Å². The number of Topliss-reactive ketones (excluding diaryl/α,β-unsaturated/α-hetero) is 1. The first-order valence-corrected chi connectivity index (χ1v) is 13.6. The number of hydrogen-bond donors (Lipinski definition) is 2. The molecule has 190 valence electrons. The van der Waals surface area contributed by atoms with E-state index in [2.05, 4.69) is 34.6 Å². The van der Waals surface area contributed by atoms with Crippen molar-refractivity contribution >= 4 is 11.8 Å². The molecule has 4 heteroatoms. The van der Waals surface area contributed by atoms with E-state index in [-0.39, 0.29) is 34.2 Å². The van der Waals surface area contributed by atoms with Crippen LogP contribution in [0.5, 0.6) is 0 Å². The number of allylic oxidation sites excluding steroid dienone is 3. The molecule has 0 aromatic heterocycles. The first kappa shape index (κ1) is 25.7. The second-order valence-corrected chi connectivity index (χ2v) is 13.2. The maximum absolute atomic E-state index is 12.8. The number of aliphatic hydroxyl groups is 1. The molecule has 0 amide bonds. The molecule has 0 aliphatic heterocycles. The normalized spacial score (nSPS) is 40.4. The molecule has 2 saturated carbocycles. The van der Waals surface area contributed by atoms with E-state index in [0.717, 1.165) is 44.9 Å². The lowest BCUT2D eigenvalue weighted by atomic mass is 9.43. The first-order chi connectivity index (χ1) is 15.8. The highest BCUT2D eigenvalue weighted by molar-refractivity contribution is 5.86. The van der Waals surface area contributed by atoms with E-state index < -0.39 is 5.97 Å². The van der Waals surface area contributed by atoms with E-state index in [1.807, 2.05) is 6.08 Å². The predicted octanol–water partition coefficient (Wildman–Crippen LogP) is 6.72. The summed E-state index contributed by atoms with van der Waals surface area (Å²) < 4.78 is 0. The van der Waals surface area contributed by atoms with Gasteiger partial charge in [-0.25, -0.2) is 4.79 Å². The van der Waals surface area contributed by atoms with Gasteiger partial charge in [-0.2, -0.15) is 0 Å². The van der Waals surface area contributed by atoms with Gasteiger partial charge >= 0.3 is 5.97 Å². The Hall–Kier alpha value is -1.42. The molecule has 4 aliphatic carbocycles. The van der Waals surface area contributed by atoms with Crippen molar-refractivity contribution in [3.63, 3.8) is 0 Å². The average Bonchev–Trinajstić information content (AvgIpc) is 3.05. The highest BCUT2D eigenvalue weighted by atomic mass is 16.4. The van der Waals surface area contributed by atoms with Crippen molar-refractivity contribution in [2.75, 3.05) is 6.61 Å². The van der Waals surface area contributed by atoms with Crippen LogP contribution in [0.3, 0.4) is 0 Å². The summed E-state index contributed by atoms with van der Waals surface area (Å²) >= 11 is 0. The number of hydrogen-bond acceptors (Lipinski definition) is 3. The van der Waals surface area contributed by atoms with Crippen molar-refractivity contribution in [3.8, 4) is 0 Å². The summed E-state index contributed by atoms with van der Waals surface area (Å²) in [6.07, 6.45) is 11.9. The van der Waals surface area contributed by atoms with Gasteiger partial charge in [0.05, 0.1) is 0 Å². The molecule has 0 bridgehead atoms. The van der Waals surface area contributed by atoms with E-state index in [9.17, 15) is 14.7 Å². The quantitative estimate of drug-likeness (QED) is 0.334. The Bertz CT molecular complexity index is 926. The fraction of sp³-hybridized carbons (Fsp3) is 0.800. The Morgan fingerprint density at radius 2 is 1.74 bits per heavy atom. The number of aliphatic hydroxyl groups excluding tert-OH is 1. The van der Waals surface area contributed by atoms with Crippen molar-refractivity contribution in [3.05, 3.63) is 22.8 Å². The topological polar surface area (TPSA) is 74.6 Å². The summed E-state index contributed by atoms with van der Waals surface area (Å²) in [5.74, 6) is 0.712. The highest BCUT2D eigenvalue weighted by Gasteiger charge is 2.63. The third-order valence-electron chi connectivity index (χ3n) is 11.7. The van der Waals surface area contributed by atoms with Crippen LogP contribution >= 0.6 is 0 Å². The van der Waals surface area contributed by atoms with Gasteiger partial charge in [0.15, 0.2) is 0 Å². The minimum absolute atomic E-state index is 0.142. The fourth-order valence-electron chi connectivity index (χ4n) is 9.31. The zero-order valence-corrected chi connectivity index (χ0v) is 22.3. The lowest BCUT2D eigenvalue weighted by Crippen LogP contribution is -2.54. The van der Waals surface area contributed by atoms with Gasteiger partial charge < -0.3 is 10.2 Å². The number of fused-ring (bicyclic) bond motifs is 4. The molecule has 4 aliphatic rings. The van der Waals surface area contributed by atoms with Crippen LogP contribution in [0.2, 0.25) is 0 Å². The maximum atomic E-state index is 12.8. The Balaban J connectivity index is 1.63. The zero-order chi connectivity index (χ0) is 25.1.